The lowest BCUT2D eigenvalue weighted by molar-refractivity contribution is 0.301. The monoisotopic (exact) mass is 279 g/mol. The summed E-state index contributed by atoms with van der Waals surface area (Å²) in [6.07, 6.45) is 2.21. The van der Waals surface area contributed by atoms with Crippen LogP contribution in [0.15, 0.2) is 30.6 Å². The molecule has 100 valence electrons. The number of hydrogen-bond donors (Lipinski definition) is 1. The lowest BCUT2D eigenvalue weighted by Gasteiger charge is -2.12. The van der Waals surface area contributed by atoms with Crippen LogP contribution < -0.4 is 15.2 Å². The fourth-order valence-corrected chi connectivity index (χ4v) is 1.54. The molecule has 0 spiro atoms. The van der Waals surface area contributed by atoms with E-state index in [-0.39, 0.29) is 16.7 Å². The number of hydrogen-bond acceptors (Lipinski definition) is 5. The van der Waals surface area contributed by atoms with Gasteiger partial charge in [-0.05, 0) is 18.6 Å². The quantitative estimate of drug-likeness (QED) is 0.851. The van der Waals surface area contributed by atoms with Crippen LogP contribution in [0, 0.1) is 0 Å². The Hall–Kier alpha value is -2.01. The molecule has 1 heterocycles. The molecule has 0 fully saturated rings. The van der Waals surface area contributed by atoms with Crippen LogP contribution in [-0.2, 0) is 0 Å². The Bertz CT molecular complexity index is 563. The van der Waals surface area contributed by atoms with Crippen LogP contribution in [0.25, 0.3) is 0 Å². The van der Waals surface area contributed by atoms with Gasteiger partial charge in [-0.15, -0.1) is 0 Å². The number of anilines is 1. The smallest absolute Gasteiger partial charge is 0.247 e. The van der Waals surface area contributed by atoms with E-state index in [1.807, 2.05) is 25.1 Å². The first-order valence-corrected chi connectivity index (χ1v) is 6.25. The number of halogens is 1. The number of nitrogens with two attached hydrogens (primary N) is 1. The predicted molar refractivity (Wildman–Crippen MR) is 73.8 cm³/mol. The summed E-state index contributed by atoms with van der Waals surface area (Å²) in [5.41, 5.74) is 5.96. The molecule has 6 heteroatoms. The number of nitrogen functional groups attached to an aromatic ring is 1. The molecule has 2 rings (SSSR count). The molecule has 2 aromatic rings. The van der Waals surface area contributed by atoms with E-state index >= 15 is 0 Å². The minimum Gasteiger partial charge on any atom is -0.490 e. The zero-order chi connectivity index (χ0) is 13.7. The number of ether oxygens (including phenoxy) is 2. The maximum atomic E-state index is 5.82. The minimum absolute atomic E-state index is 0.164. The van der Waals surface area contributed by atoms with E-state index < -0.39 is 0 Å². The first-order valence-electron chi connectivity index (χ1n) is 5.88. The van der Waals surface area contributed by atoms with Crippen molar-refractivity contribution in [2.24, 2.45) is 0 Å². The van der Waals surface area contributed by atoms with E-state index in [2.05, 4.69) is 9.97 Å². The third-order valence-electron chi connectivity index (χ3n) is 2.32. The third-order valence-corrected chi connectivity index (χ3v) is 2.62. The van der Waals surface area contributed by atoms with Crippen molar-refractivity contribution in [1.29, 1.82) is 0 Å². The van der Waals surface area contributed by atoms with E-state index in [9.17, 15) is 0 Å². The molecule has 5 nitrogen and oxygen atoms in total. The van der Waals surface area contributed by atoms with Crippen LogP contribution in [0.5, 0.6) is 17.4 Å². The van der Waals surface area contributed by atoms with E-state index in [1.54, 1.807) is 6.07 Å². The summed E-state index contributed by atoms with van der Waals surface area (Å²) in [4.78, 5) is 7.73. The maximum Gasteiger partial charge on any atom is 0.247 e. The molecule has 0 atom stereocenters. The van der Waals surface area contributed by atoms with Gasteiger partial charge in [0.1, 0.15) is 12.0 Å². The Morgan fingerprint density at radius 2 is 1.95 bits per heavy atom. The third kappa shape index (κ3) is 3.26. The first kappa shape index (κ1) is 13.4. The molecule has 19 heavy (non-hydrogen) atoms. The lowest BCUT2D eigenvalue weighted by atomic mass is 10.3. The van der Waals surface area contributed by atoms with Crippen LogP contribution in [0.2, 0.25) is 5.15 Å². The number of rotatable bonds is 5. The zero-order valence-electron chi connectivity index (χ0n) is 10.5. The molecule has 2 N–H and O–H groups in total. The van der Waals surface area contributed by atoms with Gasteiger partial charge in [-0.25, -0.2) is 4.98 Å². The van der Waals surface area contributed by atoms with Crippen molar-refractivity contribution < 1.29 is 9.47 Å². The molecular formula is C13H14ClN3O2. The van der Waals surface area contributed by atoms with Crippen LogP contribution in [-0.4, -0.2) is 16.6 Å². The molecule has 0 unspecified atom stereocenters. The number of aromatic nitrogens is 2. The summed E-state index contributed by atoms with van der Waals surface area (Å²) in [7, 11) is 0. The van der Waals surface area contributed by atoms with Crippen molar-refractivity contribution in [1.82, 2.24) is 9.97 Å². The largest absolute Gasteiger partial charge is 0.490 e. The topological polar surface area (TPSA) is 70.3 Å². The van der Waals surface area contributed by atoms with Crippen LogP contribution in [0.3, 0.4) is 0 Å². The van der Waals surface area contributed by atoms with Gasteiger partial charge in [0.25, 0.3) is 0 Å². The second-order valence-electron chi connectivity index (χ2n) is 3.78. The average molecular weight is 280 g/mol. The van der Waals surface area contributed by atoms with Gasteiger partial charge < -0.3 is 15.2 Å². The highest BCUT2D eigenvalue weighted by molar-refractivity contribution is 6.32. The summed E-state index contributed by atoms with van der Waals surface area (Å²) < 4.78 is 11.2. The molecule has 0 aliphatic carbocycles. The van der Waals surface area contributed by atoms with E-state index in [4.69, 9.17) is 26.8 Å². The van der Waals surface area contributed by atoms with Crippen molar-refractivity contribution in [3.63, 3.8) is 0 Å². The Balaban J connectivity index is 2.25. The molecule has 0 bridgehead atoms. The second-order valence-corrected chi connectivity index (χ2v) is 4.14. The summed E-state index contributed by atoms with van der Waals surface area (Å²) >= 11 is 5.82. The predicted octanol–water partition coefficient (Wildman–Crippen LogP) is 3.29. The summed E-state index contributed by atoms with van der Waals surface area (Å²) in [6, 6.07) is 7.31. The van der Waals surface area contributed by atoms with Crippen molar-refractivity contribution in [3.05, 3.63) is 35.7 Å². The van der Waals surface area contributed by atoms with Gasteiger partial charge in [0.2, 0.25) is 5.88 Å². The normalized spacial score (nSPS) is 10.2. The molecule has 0 aliphatic heterocycles. The molecule has 0 saturated carbocycles. The highest BCUT2D eigenvalue weighted by atomic mass is 35.5. The molecule has 1 aromatic carbocycles. The van der Waals surface area contributed by atoms with Crippen LogP contribution in [0.4, 0.5) is 5.69 Å². The highest BCUT2D eigenvalue weighted by Crippen LogP contribution is 2.34. The molecule has 0 radical (unpaired) electrons. The Morgan fingerprint density at radius 1 is 1.21 bits per heavy atom. The van der Waals surface area contributed by atoms with Gasteiger partial charge in [-0.1, -0.05) is 30.7 Å². The summed E-state index contributed by atoms with van der Waals surface area (Å²) in [5.74, 6) is 1.39. The first-order chi connectivity index (χ1) is 9.22. The second kappa shape index (κ2) is 6.24. The van der Waals surface area contributed by atoms with Gasteiger partial charge in [-0.2, -0.15) is 4.98 Å². The minimum atomic E-state index is 0.164. The average Bonchev–Trinajstić information content (AvgIpc) is 2.43. The van der Waals surface area contributed by atoms with Gasteiger partial charge in [0, 0.05) is 0 Å². The Labute approximate surface area is 116 Å². The fraction of sp³-hybridized carbons (Fsp3) is 0.231. The molecule has 0 aliphatic rings. The SMILES string of the molecule is CCCOc1ccccc1Oc1ncnc(Cl)c1N. The molecule has 0 saturated heterocycles. The van der Waals surface area contributed by atoms with Crippen molar-refractivity contribution >= 4 is 17.3 Å². The lowest BCUT2D eigenvalue weighted by Crippen LogP contribution is -2.00. The van der Waals surface area contributed by atoms with Gasteiger partial charge in [0.15, 0.2) is 16.7 Å². The van der Waals surface area contributed by atoms with Crippen molar-refractivity contribution in [3.8, 4) is 17.4 Å². The van der Waals surface area contributed by atoms with Crippen LogP contribution in [0.1, 0.15) is 13.3 Å². The molecule has 0 amide bonds. The number of nitrogens with zero attached hydrogens (tertiary/aromatic N) is 2. The Kier molecular flexibility index (Phi) is 4.41. The fourth-order valence-electron chi connectivity index (χ4n) is 1.41. The van der Waals surface area contributed by atoms with Crippen molar-refractivity contribution in [2.75, 3.05) is 12.3 Å². The molecular weight excluding hydrogens is 266 g/mol. The van der Waals surface area contributed by atoms with Crippen molar-refractivity contribution in [2.45, 2.75) is 13.3 Å². The van der Waals surface area contributed by atoms with Gasteiger partial charge >= 0.3 is 0 Å². The van der Waals surface area contributed by atoms with E-state index in [0.717, 1.165) is 6.42 Å². The van der Waals surface area contributed by atoms with Crippen LogP contribution >= 0.6 is 11.6 Å². The van der Waals surface area contributed by atoms with E-state index in [1.165, 1.54) is 6.33 Å². The van der Waals surface area contributed by atoms with Gasteiger partial charge in [0.05, 0.1) is 6.61 Å². The highest BCUT2D eigenvalue weighted by Gasteiger charge is 2.11. The number of para-hydroxylation sites is 2. The van der Waals surface area contributed by atoms with Gasteiger partial charge in [-0.3, -0.25) is 0 Å². The number of benzene rings is 1. The summed E-state index contributed by atoms with van der Waals surface area (Å²) in [6.45, 7) is 2.64. The Morgan fingerprint density at radius 3 is 2.68 bits per heavy atom. The maximum absolute atomic E-state index is 5.82. The summed E-state index contributed by atoms with van der Waals surface area (Å²) in [5, 5.41) is 0.164. The zero-order valence-corrected chi connectivity index (χ0v) is 11.2. The van der Waals surface area contributed by atoms with E-state index in [0.29, 0.717) is 18.1 Å². The standard InChI is InChI=1S/C13H14ClN3O2/c1-2-7-18-9-5-3-4-6-10(9)19-13-11(15)12(14)16-8-17-13/h3-6,8H,2,7,15H2,1H3. The molecule has 1 aromatic heterocycles.